The van der Waals surface area contributed by atoms with Gasteiger partial charge in [0.2, 0.25) is 0 Å². The summed E-state index contributed by atoms with van der Waals surface area (Å²) < 4.78 is 0. The van der Waals surface area contributed by atoms with E-state index < -0.39 is 0 Å². The van der Waals surface area contributed by atoms with Gasteiger partial charge in [-0.05, 0) is 31.1 Å². The number of carbonyl (C=O) groups excluding carboxylic acids is 1. The van der Waals surface area contributed by atoms with Gasteiger partial charge in [0, 0.05) is 12.2 Å². The van der Waals surface area contributed by atoms with Crippen LogP contribution in [0.1, 0.15) is 26.2 Å². The summed E-state index contributed by atoms with van der Waals surface area (Å²) in [6, 6.07) is 0. The van der Waals surface area contributed by atoms with Crippen LogP contribution < -0.4 is 0 Å². The molecular weight excluding hydrogens is 172 g/mol. The van der Waals surface area contributed by atoms with Crippen molar-refractivity contribution in [2.24, 2.45) is 11.8 Å². The largest absolute Gasteiger partial charge is 0.393 e. The predicted octanol–water partition coefficient (Wildman–Crippen LogP) is 1.43. The molecule has 2 saturated carbocycles. The number of hydrogen-bond acceptors (Lipinski definition) is 3. The molecule has 4 atom stereocenters. The molecule has 12 heavy (non-hydrogen) atoms. The molecule has 2 rings (SSSR count). The maximum atomic E-state index is 10.9. The van der Waals surface area contributed by atoms with Crippen LogP contribution in [0.15, 0.2) is 0 Å². The molecule has 0 radical (unpaired) electrons. The van der Waals surface area contributed by atoms with Crippen molar-refractivity contribution in [3.63, 3.8) is 0 Å². The smallest absolute Gasteiger partial charge is 0.186 e. The number of thioether (sulfide) groups is 1. The van der Waals surface area contributed by atoms with Gasteiger partial charge in [-0.1, -0.05) is 11.8 Å². The lowest BCUT2D eigenvalue weighted by Crippen LogP contribution is -2.26. The molecule has 68 valence electrons. The predicted molar refractivity (Wildman–Crippen MR) is 48.9 cm³/mol. The minimum absolute atomic E-state index is 0.124. The molecule has 3 heteroatoms. The first-order chi connectivity index (χ1) is 5.66. The fourth-order valence-corrected chi connectivity index (χ4v) is 3.86. The standard InChI is InChI=1S/C9H14O2S/c1-5(10)12-9-4-6-2-7(9)8(11)3-6/h6-9,11H,2-4H2,1H3. The molecule has 1 N–H and O–H groups in total. The average molecular weight is 186 g/mol. The lowest BCUT2D eigenvalue weighted by atomic mass is 9.97. The zero-order chi connectivity index (χ0) is 8.72. The van der Waals surface area contributed by atoms with E-state index in [9.17, 15) is 9.90 Å². The van der Waals surface area contributed by atoms with Crippen molar-refractivity contribution >= 4 is 16.9 Å². The van der Waals surface area contributed by atoms with Crippen molar-refractivity contribution < 1.29 is 9.90 Å². The first kappa shape index (κ1) is 8.57. The molecule has 0 aromatic carbocycles. The van der Waals surface area contributed by atoms with Gasteiger partial charge >= 0.3 is 0 Å². The number of hydrogen-bond donors (Lipinski definition) is 1. The van der Waals surface area contributed by atoms with E-state index in [2.05, 4.69) is 0 Å². The molecule has 0 amide bonds. The highest BCUT2D eigenvalue weighted by Gasteiger charge is 2.46. The van der Waals surface area contributed by atoms with Crippen LogP contribution in [0.3, 0.4) is 0 Å². The van der Waals surface area contributed by atoms with Gasteiger partial charge in [-0.25, -0.2) is 0 Å². The highest BCUT2D eigenvalue weighted by Crippen LogP contribution is 2.49. The SMILES string of the molecule is CC(=O)SC1CC2CC(O)C1C2. The minimum atomic E-state index is -0.124. The van der Waals surface area contributed by atoms with Gasteiger partial charge in [0.05, 0.1) is 6.10 Å². The quantitative estimate of drug-likeness (QED) is 0.673. The fraction of sp³-hybridized carbons (Fsp3) is 0.889. The summed E-state index contributed by atoms with van der Waals surface area (Å²) in [5.74, 6) is 1.10. The zero-order valence-electron chi connectivity index (χ0n) is 7.19. The Balaban J connectivity index is 1.98. The summed E-state index contributed by atoms with van der Waals surface area (Å²) >= 11 is 1.43. The van der Waals surface area contributed by atoms with Crippen LogP contribution in [0.2, 0.25) is 0 Å². The molecule has 0 spiro atoms. The van der Waals surface area contributed by atoms with Crippen LogP contribution in [0.4, 0.5) is 0 Å². The molecule has 0 saturated heterocycles. The summed E-state index contributed by atoms with van der Waals surface area (Å²) in [5, 5.41) is 10.2. The van der Waals surface area contributed by atoms with Gasteiger partial charge in [0.25, 0.3) is 0 Å². The van der Waals surface area contributed by atoms with Crippen LogP contribution in [-0.4, -0.2) is 21.6 Å². The molecule has 2 aliphatic carbocycles. The molecule has 0 aliphatic heterocycles. The van der Waals surface area contributed by atoms with Gasteiger partial charge in [0.1, 0.15) is 0 Å². The third-order valence-corrected chi connectivity index (χ3v) is 4.21. The lowest BCUT2D eigenvalue weighted by molar-refractivity contribution is -0.109. The van der Waals surface area contributed by atoms with Crippen molar-refractivity contribution in [1.82, 2.24) is 0 Å². The molecular formula is C9H14O2S. The van der Waals surface area contributed by atoms with Gasteiger partial charge in [-0.3, -0.25) is 4.79 Å². The zero-order valence-corrected chi connectivity index (χ0v) is 8.01. The summed E-state index contributed by atoms with van der Waals surface area (Å²) in [6.45, 7) is 1.61. The van der Waals surface area contributed by atoms with Crippen molar-refractivity contribution in [3.8, 4) is 0 Å². The molecule has 0 aromatic rings. The number of aliphatic hydroxyl groups excluding tert-OH is 1. The second-order valence-corrected chi connectivity index (χ2v) is 5.37. The Morgan fingerprint density at radius 3 is 2.67 bits per heavy atom. The summed E-state index contributed by atoms with van der Waals surface area (Å²) in [7, 11) is 0. The minimum Gasteiger partial charge on any atom is -0.393 e. The maximum absolute atomic E-state index is 10.9. The first-order valence-electron chi connectivity index (χ1n) is 4.52. The van der Waals surface area contributed by atoms with Crippen molar-refractivity contribution in [1.29, 1.82) is 0 Å². The Hall–Kier alpha value is -0.0200. The van der Waals surface area contributed by atoms with Gasteiger partial charge < -0.3 is 5.11 Å². The van der Waals surface area contributed by atoms with Crippen molar-refractivity contribution in [2.75, 3.05) is 0 Å². The van der Waals surface area contributed by atoms with Crippen molar-refractivity contribution in [2.45, 2.75) is 37.5 Å². The summed E-state index contributed by atoms with van der Waals surface area (Å²) in [4.78, 5) is 10.9. The summed E-state index contributed by atoms with van der Waals surface area (Å²) in [5.41, 5.74) is 0. The number of rotatable bonds is 1. The van der Waals surface area contributed by atoms with Gasteiger partial charge in [-0.15, -0.1) is 0 Å². The van der Waals surface area contributed by atoms with E-state index in [0.717, 1.165) is 19.3 Å². The van der Waals surface area contributed by atoms with E-state index in [0.29, 0.717) is 17.1 Å². The van der Waals surface area contributed by atoms with Crippen molar-refractivity contribution in [3.05, 3.63) is 0 Å². The highest BCUT2D eigenvalue weighted by molar-refractivity contribution is 8.14. The molecule has 0 heterocycles. The second kappa shape index (κ2) is 3.04. The number of carbonyl (C=O) groups is 1. The number of fused-ring (bicyclic) bond motifs is 2. The highest BCUT2D eigenvalue weighted by atomic mass is 32.2. The van der Waals surface area contributed by atoms with Gasteiger partial charge in [0.15, 0.2) is 5.12 Å². The molecule has 2 fully saturated rings. The van der Waals surface area contributed by atoms with Crippen LogP contribution in [0.5, 0.6) is 0 Å². The van der Waals surface area contributed by atoms with E-state index in [-0.39, 0.29) is 11.2 Å². The molecule has 2 aliphatic rings. The van der Waals surface area contributed by atoms with E-state index in [1.165, 1.54) is 11.8 Å². The first-order valence-corrected chi connectivity index (χ1v) is 5.40. The Bertz CT molecular complexity index is 205. The second-order valence-electron chi connectivity index (χ2n) is 3.95. The molecule has 2 bridgehead atoms. The topological polar surface area (TPSA) is 37.3 Å². The fourth-order valence-electron chi connectivity index (χ4n) is 2.60. The normalized spacial score (nSPS) is 45.2. The molecule has 0 aromatic heterocycles. The van der Waals surface area contributed by atoms with E-state index in [4.69, 9.17) is 0 Å². The number of aliphatic hydroxyl groups is 1. The van der Waals surface area contributed by atoms with Gasteiger partial charge in [-0.2, -0.15) is 0 Å². The van der Waals surface area contributed by atoms with Crippen LogP contribution >= 0.6 is 11.8 Å². The van der Waals surface area contributed by atoms with E-state index >= 15 is 0 Å². The van der Waals surface area contributed by atoms with E-state index in [1.807, 2.05) is 0 Å². The Morgan fingerprint density at radius 1 is 1.42 bits per heavy atom. The Kier molecular flexibility index (Phi) is 2.17. The Labute approximate surface area is 76.7 Å². The van der Waals surface area contributed by atoms with Crippen LogP contribution in [0.25, 0.3) is 0 Å². The average Bonchev–Trinajstić information content (AvgIpc) is 2.43. The van der Waals surface area contributed by atoms with E-state index in [1.54, 1.807) is 6.92 Å². The lowest BCUT2D eigenvalue weighted by Gasteiger charge is -2.24. The maximum Gasteiger partial charge on any atom is 0.186 e. The monoisotopic (exact) mass is 186 g/mol. The van der Waals surface area contributed by atoms with Crippen LogP contribution in [-0.2, 0) is 4.79 Å². The molecule has 2 nitrogen and oxygen atoms in total. The van der Waals surface area contributed by atoms with Crippen LogP contribution in [0, 0.1) is 11.8 Å². The molecule has 4 unspecified atom stereocenters. The third-order valence-electron chi connectivity index (χ3n) is 3.04. The Morgan fingerprint density at radius 2 is 2.17 bits per heavy atom. The summed E-state index contributed by atoms with van der Waals surface area (Å²) in [6.07, 6.45) is 3.14. The third kappa shape index (κ3) is 1.40.